The van der Waals surface area contributed by atoms with Gasteiger partial charge in [0.1, 0.15) is 0 Å². The average Bonchev–Trinajstić information content (AvgIpc) is 3.24. The van der Waals surface area contributed by atoms with Crippen LogP contribution in [0.1, 0.15) is 37.8 Å². The molecule has 3 heteroatoms. The molecule has 5 aromatic rings. The molecule has 0 spiro atoms. The molecule has 0 atom stereocenters. The first-order valence-electron chi connectivity index (χ1n) is 13.6. The monoisotopic (exact) mass is 503 g/mol. The summed E-state index contributed by atoms with van der Waals surface area (Å²) in [5.41, 5.74) is 11.1. The van der Waals surface area contributed by atoms with E-state index in [9.17, 15) is 0 Å². The summed E-state index contributed by atoms with van der Waals surface area (Å²) in [6, 6.07) is 35.8. The minimum absolute atomic E-state index is 0.0125. The van der Waals surface area contributed by atoms with Gasteiger partial charge in [-0.25, -0.2) is 15.0 Å². The van der Waals surface area contributed by atoms with Gasteiger partial charge in [0, 0.05) is 22.1 Å². The van der Waals surface area contributed by atoms with Crippen LogP contribution in [0.4, 0.5) is 0 Å². The molecule has 2 aliphatic carbocycles. The van der Waals surface area contributed by atoms with Crippen LogP contribution in [0.5, 0.6) is 0 Å². The predicted molar refractivity (Wildman–Crippen MR) is 160 cm³/mol. The van der Waals surface area contributed by atoms with E-state index in [0.29, 0.717) is 17.5 Å². The molecule has 0 N–H and O–H groups in total. The highest BCUT2D eigenvalue weighted by Gasteiger charge is 2.37. The zero-order chi connectivity index (χ0) is 26.4. The Morgan fingerprint density at radius 3 is 1.79 bits per heavy atom. The summed E-state index contributed by atoms with van der Waals surface area (Å²) in [6.45, 7) is 4.70. The molecule has 0 bridgehead atoms. The Morgan fingerprint density at radius 2 is 1.13 bits per heavy atom. The van der Waals surface area contributed by atoms with E-state index >= 15 is 0 Å². The van der Waals surface area contributed by atoms with Crippen molar-refractivity contribution in [2.75, 3.05) is 0 Å². The van der Waals surface area contributed by atoms with Crippen LogP contribution in [0, 0.1) is 0 Å². The fourth-order valence-corrected chi connectivity index (χ4v) is 5.95. The molecule has 4 aromatic carbocycles. The average molecular weight is 504 g/mol. The quantitative estimate of drug-likeness (QED) is 0.246. The molecule has 39 heavy (non-hydrogen) atoms. The molecule has 0 radical (unpaired) electrons. The topological polar surface area (TPSA) is 38.7 Å². The molecule has 0 saturated carbocycles. The second-order valence-corrected chi connectivity index (χ2v) is 10.8. The van der Waals surface area contributed by atoms with Gasteiger partial charge in [0.15, 0.2) is 17.5 Å². The van der Waals surface area contributed by atoms with Gasteiger partial charge in [0.05, 0.1) is 0 Å². The van der Waals surface area contributed by atoms with Gasteiger partial charge in [-0.3, -0.25) is 0 Å². The highest BCUT2D eigenvalue weighted by Crippen LogP contribution is 2.50. The summed E-state index contributed by atoms with van der Waals surface area (Å²) in [5, 5.41) is 0. The Labute approximate surface area is 229 Å². The van der Waals surface area contributed by atoms with Crippen molar-refractivity contribution in [3.8, 4) is 45.3 Å². The van der Waals surface area contributed by atoms with Crippen LogP contribution in [-0.4, -0.2) is 15.0 Å². The van der Waals surface area contributed by atoms with Crippen molar-refractivity contribution >= 4 is 5.57 Å². The third-order valence-electron chi connectivity index (χ3n) is 8.02. The van der Waals surface area contributed by atoms with Gasteiger partial charge in [-0.1, -0.05) is 117 Å². The molecule has 1 aromatic heterocycles. The molecule has 3 nitrogen and oxygen atoms in total. The van der Waals surface area contributed by atoms with Crippen LogP contribution in [-0.2, 0) is 5.41 Å². The summed E-state index contributed by atoms with van der Waals surface area (Å²) in [5.74, 6) is 2.02. The first-order chi connectivity index (χ1) is 19.1. The fourth-order valence-electron chi connectivity index (χ4n) is 5.95. The summed E-state index contributed by atoms with van der Waals surface area (Å²) >= 11 is 0. The minimum Gasteiger partial charge on any atom is -0.208 e. The predicted octanol–water partition coefficient (Wildman–Crippen LogP) is 8.93. The molecular weight excluding hydrogens is 474 g/mol. The van der Waals surface area contributed by atoms with Crippen molar-refractivity contribution in [2.45, 2.75) is 32.1 Å². The van der Waals surface area contributed by atoms with Crippen molar-refractivity contribution in [3.05, 3.63) is 132 Å². The molecule has 188 valence electrons. The Bertz CT molecular complexity index is 1700. The van der Waals surface area contributed by atoms with E-state index < -0.39 is 0 Å². The molecule has 1 heterocycles. The molecule has 7 rings (SSSR count). The summed E-state index contributed by atoms with van der Waals surface area (Å²) in [6.07, 6.45) is 6.91. The number of hydrogen-bond donors (Lipinski definition) is 0. The second-order valence-electron chi connectivity index (χ2n) is 10.8. The van der Waals surface area contributed by atoms with Gasteiger partial charge < -0.3 is 0 Å². The van der Waals surface area contributed by atoms with Gasteiger partial charge >= 0.3 is 0 Å². The first kappa shape index (κ1) is 23.5. The van der Waals surface area contributed by atoms with Crippen LogP contribution < -0.4 is 0 Å². The van der Waals surface area contributed by atoms with Gasteiger partial charge in [0.2, 0.25) is 0 Å². The van der Waals surface area contributed by atoms with Crippen LogP contribution >= 0.6 is 0 Å². The normalized spacial score (nSPS) is 15.2. The van der Waals surface area contributed by atoms with Gasteiger partial charge in [-0.2, -0.15) is 0 Å². The van der Waals surface area contributed by atoms with Gasteiger partial charge in [-0.05, 0) is 58.4 Å². The number of benzene rings is 4. The van der Waals surface area contributed by atoms with Crippen LogP contribution in [0.25, 0.3) is 50.9 Å². The second kappa shape index (κ2) is 9.28. The number of fused-ring (bicyclic) bond motifs is 2. The molecule has 0 aliphatic heterocycles. The molecule has 2 aliphatic rings. The van der Waals surface area contributed by atoms with E-state index in [2.05, 4.69) is 68.5 Å². The van der Waals surface area contributed by atoms with E-state index in [1.807, 2.05) is 60.7 Å². The van der Waals surface area contributed by atoms with Crippen molar-refractivity contribution in [3.63, 3.8) is 0 Å². The Kier molecular flexibility index (Phi) is 5.59. The lowest BCUT2D eigenvalue weighted by Gasteiger charge is -2.24. The van der Waals surface area contributed by atoms with Gasteiger partial charge in [0.25, 0.3) is 0 Å². The minimum atomic E-state index is 0.0125. The highest BCUT2D eigenvalue weighted by molar-refractivity contribution is 5.85. The lowest BCUT2D eigenvalue weighted by Crippen LogP contribution is -2.16. The Morgan fingerprint density at radius 1 is 0.564 bits per heavy atom. The largest absolute Gasteiger partial charge is 0.208 e. The standard InChI is InChI=1S/C36H29N3/c1-36(2)31-19-10-9-18-29(31)30-21-20-27(23-32(30)36)26-16-11-17-28(22-26)35-38-33(24-12-5-3-6-13-24)37-34(39-35)25-14-7-4-8-15-25/h3-8,10-17,19-23H,9,18H2,1-2H3. The zero-order valence-corrected chi connectivity index (χ0v) is 22.2. The van der Waals surface area contributed by atoms with Crippen LogP contribution in [0.3, 0.4) is 0 Å². The molecule has 0 fully saturated rings. The molecule has 0 saturated heterocycles. The van der Waals surface area contributed by atoms with E-state index in [-0.39, 0.29) is 5.41 Å². The number of rotatable bonds is 4. The van der Waals surface area contributed by atoms with E-state index in [1.165, 1.54) is 27.8 Å². The lowest BCUT2D eigenvalue weighted by atomic mass is 9.79. The first-order valence-corrected chi connectivity index (χ1v) is 13.6. The highest BCUT2D eigenvalue weighted by atomic mass is 15.0. The zero-order valence-electron chi connectivity index (χ0n) is 22.2. The smallest absolute Gasteiger partial charge is 0.164 e. The van der Waals surface area contributed by atoms with E-state index in [1.54, 1.807) is 0 Å². The van der Waals surface area contributed by atoms with Crippen LogP contribution in [0.15, 0.2) is 121 Å². The van der Waals surface area contributed by atoms with Crippen molar-refractivity contribution < 1.29 is 0 Å². The summed E-state index contributed by atoms with van der Waals surface area (Å²) in [7, 11) is 0. The Balaban J connectivity index is 1.32. The fraction of sp³-hybridized carbons (Fsp3) is 0.139. The lowest BCUT2D eigenvalue weighted by molar-refractivity contribution is 0.651. The van der Waals surface area contributed by atoms with Crippen molar-refractivity contribution in [1.82, 2.24) is 15.0 Å². The molecular formula is C36H29N3. The third kappa shape index (κ3) is 4.11. The number of hydrogen-bond acceptors (Lipinski definition) is 3. The summed E-state index contributed by atoms with van der Waals surface area (Å²) in [4.78, 5) is 14.7. The number of nitrogens with zero attached hydrogens (tertiary/aromatic N) is 3. The Hall–Kier alpha value is -4.63. The van der Waals surface area contributed by atoms with Gasteiger partial charge in [-0.15, -0.1) is 0 Å². The maximum Gasteiger partial charge on any atom is 0.164 e. The van der Waals surface area contributed by atoms with E-state index in [0.717, 1.165) is 35.1 Å². The maximum absolute atomic E-state index is 4.93. The van der Waals surface area contributed by atoms with Crippen molar-refractivity contribution in [2.24, 2.45) is 0 Å². The number of aromatic nitrogens is 3. The molecule has 0 unspecified atom stereocenters. The van der Waals surface area contributed by atoms with Crippen LogP contribution in [0.2, 0.25) is 0 Å². The molecule has 0 amide bonds. The summed E-state index contributed by atoms with van der Waals surface area (Å²) < 4.78 is 0. The van der Waals surface area contributed by atoms with E-state index in [4.69, 9.17) is 15.0 Å². The van der Waals surface area contributed by atoms with Crippen molar-refractivity contribution in [1.29, 1.82) is 0 Å². The third-order valence-corrected chi connectivity index (χ3v) is 8.02. The number of allylic oxidation sites excluding steroid dienone is 4. The maximum atomic E-state index is 4.93. The SMILES string of the molecule is CC1(C)C2=C(CCC=C2)c2ccc(-c3cccc(-c4nc(-c5ccccc5)nc(-c5ccccc5)n4)c3)cc21.